The Hall–Kier alpha value is -1.00. The van der Waals surface area contributed by atoms with Crippen LogP contribution in [0.3, 0.4) is 0 Å². The minimum absolute atomic E-state index is 0.271. The van der Waals surface area contributed by atoms with Crippen molar-refractivity contribution < 1.29 is 0 Å². The van der Waals surface area contributed by atoms with Crippen molar-refractivity contribution in [2.45, 2.75) is 57.2 Å². The Kier molecular flexibility index (Phi) is 3.09. The highest BCUT2D eigenvalue weighted by atomic mass is 15.3. The first kappa shape index (κ1) is 13.6. The number of nitrogens with zero attached hydrogens (tertiary/aromatic N) is 3. The van der Waals surface area contributed by atoms with Gasteiger partial charge in [0.25, 0.3) is 0 Å². The molecule has 1 aromatic heterocycles. The fraction of sp³-hybridized carbons (Fsp3) is 0.765. The number of piperazine rings is 1. The van der Waals surface area contributed by atoms with Gasteiger partial charge < -0.3 is 5.32 Å². The lowest BCUT2D eigenvalue weighted by atomic mass is 9.83. The SMILES string of the molecule is CC1(C2CC2)CN(Cc2ncccn2)C(C)(C2CC2)CN1. The summed E-state index contributed by atoms with van der Waals surface area (Å²) in [6, 6.07) is 1.90. The van der Waals surface area contributed by atoms with Crippen LogP contribution in [0.5, 0.6) is 0 Å². The van der Waals surface area contributed by atoms with E-state index in [1.165, 1.54) is 25.7 Å². The lowest BCUT2D eigenvalue weighted by Crippen LogP contribution is -2.69. The topological polar surface area (TPSA) is 41.1 Å². The summed E-state index contributed by atoms with van der Waals surface area (Å²) in [6.45, 7) is 7.97. The van der Waals surface area contributed by atoms with Crippen molar-refractivity contribution in [1.29, 1.82) is 0 Å². The second-order valence-electron chi connectivity index (χ2n) is 7.70. The summed E-state index contributed by atoms with van der Waals surface area (Å²) in [5, 5.41) is 3.90. The van der Waals surface area contributed by atoms with E-state index in [4.69, 9.17) is 0 Å². The Morgan fingerprint density at radius 1 is 1.14 bits per heavy atom. The highest BCUT2D eigenvalue weighted by molar-refractivity contribution is 5.12. The molecule has 4 heteroatoms. The normalized spacial score (nSPS) is 37.6. The number of hydrogen-bond donors (Lipinski definition) is 1. The molecule has 114 valence electrons. The fourth-order valence-corrected chi connectivity index (χ4v) is 4.05. The third-order valence-corrected chi connectivity index (χ3v) is 5.98. The Morgan fingerprint density at radius 2 is 1.81 bits per heavy atom. The zero-order chi connectivity index (χ0) is 14.5. The predicted octanol–water partition coefficient (Wildman–Crippen LogP) is 2.22. The summed E-state index contributed by atoms with van der Waals surface area (Å²) in [7, 11) is 0. The standard InChI is InChI=1S/C17H26N4/c1-16(13-4-5-13)12-21(10-15-18-8-3-9-19-15)17(2,11-20-16)14-6-7-14/h3,8-9,13-14,20H,4-7,10-12H2,1-2H3. The monoisotopic (exact) mass is 286 g/mol. The average Bonchev–Trinajstić information content (AvgIpc) is 3.35. The summed E-state index contributed by atoms with van der Waals surface area (Å²) < 4.78 is 0. The fourth-order valence-electron chi connectivity index (χ4n) is 4.05. The van der Waals surface area contributed by atoms with Crippen molar-refractivity contribution in [3.05, 3.63) is 24.3 Å². The maximum atomic E-state index is 4.45. The molecular formula is C17H26N4. The van der Waals surface area contributed by atoms with Crippen LogP contribution in [0.2, 0.25) is 0 Å². The molecule has 2 unspecified atom stereocenters. The van der Waals surface area contributed by atoms with Gasteiger partial charge in [-0.2, -0.15) is 0 Å². The lowest BCUT2D eigenvalue weighted by Gasteiger charge is -2.53. The van der Waals surface area contributed by atoms with Crippen LogP contribution in [0.15, 0.2) is 18.5 Å². The van der Waals surface area contributed by atoms with Gasteiger partial charge in [-0.05, 0) is 57.4 Å². The van der Waals surface area contributed by atoms with Gasteiger partial charge in [-0.15, -0.1) is 0 Å². The summed E-state index contributed by atoms with van der Waals surface area (Å²) in [4.78, 5) is 11.6. The number of hydrogen-bond acceptors (Lipinski definition) is 4. The first-order valence-electron chi connectivity index (χ1n) is 8.36. The molecule has 21 heavy (non-hydrogen) atoms. The summed E-state index contributed by atoms with van der Waals surface area (Å²) in [5.74, 6) is 2.67. The van der Waals surface area contributed by atoms with Crippen LogP contribution in [-0.4, -0.2) is 39.0 Å². The smallest absolute Gasteiger partial charge is 0.142 e. The molecule has 2 aliphatic carbocycles. The van der Waals surface area contributed by atoms with Gasteiger partial charge in [-0.3, -0.25) is 4.90 Å². The van der Waals surface area contributed by atoms with Gasteiger partial charge in [0.1, 0.15) is 5.82 Å². The second-order valence-corrected chi connectivity index (χ2v) is 7.70. The van der Waals surface area contributed by atoms with Crippen molar-refractivity contribution >= 4 is 0 Å². The quantitative estimate of drug-likeness (QED) is 0.921. The Balaban J connectivity index is 1.58. The average molecular weight is 286 g/mol. The minimum Gasteiger partial charge on any atom is -0.308 e. The number of aromatic nitrogens is 2. The molecule has 0 aromatic carbocycles. The van der Waals surface area contributed by atoms with Gasteiger partial charge in [0.05, 0.1) is 6.54 Å². The third kappa shape index (κ3) is 2.49. The summed E-state index contributed by atoms with van der Waals surface area (Å²) in [6.07, 6.45) is 9.26. The van der Waals surface area contributed by atoms with Crippen molar-refractivity contribution in [3.63, 3.8) is 0 Å². The minimum atomic E-state index is 0.271. The van der Waals surface area contributed by atoms with Crippen molar-refractivity contribution in [2.75, 3.05) is 13.1 Å². The van der Waals surface area contributed by atoms with E-state index < -0.39 is 0 Å². The molecule has 1 saturated heterocycles. The van der Waals surface area contributed by atoms with Gasteiger partial charge in [0, 0.05) is 36.6 Å². The van der Waals surface area contributed by atoms with E-state index in [-0.39, 0.29) is 11.1 Å². The summed E-state index contributed by atoms with van der Waals surface area (Å²) >= 11 is 0. The number of rotatable bonds is 4. The second kappa shape index (κ2) is 4.75. The van der Waals surface area contributed by atoms with Crippen LogP contribution < -0.4 is 5.32 Å². The Bertz CT molecular complexity index is 511. The predicted molar refractivity (Wildman–Crippen MR) is 82.7 cm³/mol. The molecule has 1 aromatic rings. The molecule has 2 atom stereocenters. The first-order chi connectivity index (χ1) is 10.1. The molecule has 0 amide bonds. The Labute approximate surface area is 127 Å². The van der Waals surface area contributed by atoms with E-state index in [9.17, 15) is 0 Å². The van der Waals surface area contributed by atoms with Crippen LogP contribution in [0, 0.1) is 11.8 Å². The van der Waals surface area contributed by atoms with Crippen LogP contribution in [0.25, 0.3) is 0 Å². The first-order valence-corrected chi connectivity index (χ1v) is 8.36. The van der Waals surface area contributed by atoms with E-state index in [0.717, 1.165) is 37.3 Å². The van der Waals surface area contributed by atoms with Crippen LogP contribution >= 0.6 is 0 Å². The van der Waals surface area contributed by atoms with E-state index in [1.54, 1.807) is 0 Å². The molecule has 2 saturated carbocycles. The molecule has 4 nitrogen and oxygen atoms in total. The molecule has 4 rings (SSSR count). The zero-order valence-corrected chi connectivity index (χ0v) is 13.2. The molecule has 1 aliphatic heterocycles. The third-order valence-electron chi connectivity index (χ3n) is 5.98. The van der Waals surface area contributed by atoms with Crippen LogP contribution in [-0.2, 0) is 6.54 Å². The van der Waals surface area contributed by atoms with E-state index in [2.05, 4.69) is 34.0 Å². The van der Waals surface area contributed by atoms with Crippen molar-refractivity contribution in [1.82, 2.24) is 20.2 Å². The van der Waals surface area contributed by atoms with E-state index in [1.807, 2.05) is 18.5 Å². The zero-order valence-electron chi connectivity index (χ0n) is 13.2. The number of nitrogens with one attached hydrogen (secondary N) is 1. The molecule has 1 N–H and O–H groups in total. The van der Waals surface area contributed by atoms with Gasteiger partial charge in [0.15, 0.2) is 0 Å². The van der Waals surface area contributed by atoms with Crippen LogP contribution in [0.1, 0.15) is 45.4 Å². The molecule has 0 radical (unpaired) electrons. The maximum absolute atomic E-state index is 4.45. The van der Waals surface area contributed by atoms with Gasteiger partial charge in [0.2, 0.25) is 0 Å². The highest BCUT2D eigenvalue weighted by Gasteiger charge is 2.54. The summed E-state index contributed by atoms with van der Waals surface area (Å²) in [5.41, 5.74) is 0.552. The maximum Gasteiger partial charge on any atom is 0.142 e. The molecule has 3 aliphatic rings. The van der Waals surface area contributed by atoms with Gasteiger partial charge >= 0.3 is 0 Å². The highest BCUT2D eigenvalue weighted by Crippen LogP contribution is 2.48. The van der Waals surface area contributed by atoms with E-state index >= 15 is 0 Å². The molecule has 3 fully saturated rings. The van der Waals surface area contributed by atoms with E-state index in [0.29, 0.717) is 0 Å². The van der Waals surface area contributed by atoms with Crippen molar-refractivity contribution in [2.24, 2.45) is 11.8 Å². The van der Waals surface area contributed by atoms with Crippen molar-refractivity contribution in [3.8, 4) is 0 Å². The van der Waals surface area contributed by atoms with Crippen LogP contribution in [0.4, 0.5) is 0 Å². The van der Waals surface area contributed by atoms with Gasteiger partial charge in [-0.25, -0.2) is 9.97 Å². The largest absolute Gasteiger partial charge is 0.308 e. The molecule has 0 bridgehead atoms. The lowest BCUT2D eigenvalue weighted by molar-refractivity contribution is -0.00877. The molecule has 0 spiro atoms. The molecule has 2 heterocycles. The molecular weight excluding hydrogens is 260 g/mol. The van der Waals surface area contributed by atoms with Gasteiger partial charge in [-0.1, -0.05) is 0 Å². The Morgan fingerprint density at radius 3 is 2.43 bits per heavy atom.